The van der Waals surface area contributed by atoms with Gasteiger partial charge in [0.25, 0.3) is 0 Å². The number of hydrogen-bond donors (Lipinski definition) is 0. The second-order valence-corrected chi connectivity index (χ2v) is 3.71. The van der Waals surface area contributed by atoms with Crippen LogP contribution >= 0.6 is 0 Å². The molecular formula is C10H16O3. The molecule has 0 amide bonds. The Morgan fingerprint density at radius 1 is 1.46 bits per heavy atom. The number of hydrogen-bond acceptors (Lipinski definition) is 3. The van der Waals surface area contributed by atoms with Gasteiger partial charge in [0.2, 0.25) is 0 Å². The fraction of sp³-hybridized carbons (Fsp3) is 0.800. The van der Waals surface area contributed by atoms with E-state index >= 15 is 0 Å². The Kier molecular flexibility index (Phi) is 3.46. The van der Waals surface area contributed by atoms with Crippen molar-refractivity contribution in [3.8, 4) is 0 Å². The van der Waals surface area contributed by atoms with Gasteiger partial charge in [0.1, 0.15) is 5.78 Å². The fourth-order valence-electron chi connectivity index (χ4n) is 1.53. The lowest BCUT2D eigenvalue weighted by Gasteiger charge is -2.26. The Balaban J connectivity index is 2.33. The molecule has 0 aromatic carbocycles. The lowest BCUT2D eigenvalue weighted by atomic mass is 9.77. The molecule has 0 spiro atoms. The fourth-order valence-corrected chi connectivity index (χ4v) is 1.53. The minimum atomic E-state index is -0.292. The van der Waals surface area contributed by atoms with Crippen LogP contribution in [0.1, 0.15) is 32.6 Å². The van der Waals surface area contributed by atoms with Crippen LogP contribution in [-0.4, -0.2) is 18.9 Å². The van der Waals surface area contributed by atoms with Crippen molar-refractivity contribution in [3.63, 3.8) is 0 Å². The molecule has 74 valence electrons. The summed E-state index contributed by atoms with van der Waals surface area (Å²) in [7, 11) is 1.35. The van der Waals surface area contributed by atoms with Crippen molar-refractivity contribution >= 4 is 11.8 Å². The Morgan fingerprint density at radius 3 is 2.46 bits per heavy atom. The molecule has 3 heteroatoms. The van der Waals surface area contributed by atoms with E-state index in [-0.39, 0.29) is 30.0 Å². The maximum atomic E-state index is 11.6. The highest BCUT2D eigenvalue weighted by molar-refractivity contribution is 5.87. The normalized spacial score (nSPS) is 18.9. The molecule has 13 heavy (non-hydrogen) atoms. The van der Waals surface area contributed by atoms with E-state index in [1.165, 1.54) is 7.11 Å². The van der Waals surface area contributed by atoms with Crippen molar-refractivity contribution in [2.45, 2.75) is 32.6 Å². The topological polar surface area (TPSA) is 43.4 Å². The van der Waals surface area contributed by atoms with Crippen LogP contribution in [0, 0.1) is 11.8 Å². The molecule has 1 aliphatic rings. The van der Waals surface area contributed by atoms with Gasteiger partial charge < -0.3 is 4.74 Å². The van der Waals surface area contributed by atoms with Crippen molar-refractivity contribution in [2.75, 3.05) is 7.11 Å². The lowest BCUT2D eigenvalue weighted by Crippen LogP contribution is -2.28. The first-order valence-corrected chi connectivity index (χ1v) is 4.75. The highest BCUT2D eigenvalue weighted by atomic mass is 16.5. The van der Waals surface area contributed by atoms with E-state index in [1.54, 1.807) is 6.92 Å². The van der Waals surface area contributed by atoms with Gasteiger partial charge >= 0.3 is 5.97 Å². The summed E-state index contributed by atoms with van der Waals surface area (Å²) in [5.41, 5.74) is 0. The molecule has 1 saturated carbocycles. The smallest absolute Gasteiger partial charge is 0.306 e. The van der Waals surface area contributed by atoms with Crippen LogP contribution < -0.4 is 0 Å². The molecule has 0 aliphatic heterocycles. The average molecular weight is 184 g/mol. The first-order chi connectivity index (χ1) is 6.15. The molecule has 0 N–H and O–H groups in total. The molecule has 1 unspecified atom stereocenters. The minimum Gasteiger partial charge on any atom is -0.469 e. The van der Waals surface area contributed by atoms with Crippen LogP contribution in [-0.2, 0) is 14.3 Å². The number of rotatable bonds is 4. The number of carbonyl (C=O) groups is 2. The number of carbonyl (C=O) groups excluding carboxylic acids is 2. The molecule has 0 aromatic heterocycles. The van der Waals surface area contributed by atoms with E-state index in [4.69, 9.17) is 0 Å². The van der Waals surface area contributed by atoms with Crippen molar-refractivity contribution < 1.29 is 14.3 Å². The Labute approximate surface area is 78.5 Å². The predicted molar refractivity (Wildman–Crippen MR) is 48.1 cm³/mol. The van der Waals surface area contributed by atoms with Gasteiger partial charge in [0.15, 0.2) is 0 Å². The third-order valence-electron chi connectivity index (χ3n) is 2.69. The highest BCUT2D eigenvalue weighted by Gasteiger charge is 2.29. The Hall–Kier alpha value is -0.860. The molecular weight excluding hydrogens is 168 g/mol. The Bertz CT molecular complexity index is 206. The number of ketones is 1. The quantitative estimate of drug-likeness (QED) is 0.623. The molecule has 0 saturated heterocycles. The van der Waals surface area contributed by atoms with E-state index in [1.807, 2.05) is 0 Å². The molecule has 1 aliphatic carbocycles. The van der Waals surface area contributed by atoms with Crippen LogP contribution in [0.15, 0.2) is 0 Å². The molecule has 0 heterocycles. The SMILES string of the molecule is COC(=O)CC(C)C(=O)C1CCC1. The molecule has 3 nitrogen and oxygen atoms in total. The van der Waals surface area contributed by atoms with Gasteiger partial charge in [-0.05, 0) is 12.8 Å². The zero-order chi connectivity index (χ0) is 9.84. The zero-order valence-electron chi connectivity index (χ0n) is 8.21. The second-order valence-electron chi connectivity index (χ2n) is 3.71. The first kappa shape index (κ1) is 10.2. The van der Waals surface area contributed by atoms with Gasteiger partial charge in [-0.25, -0.2) is 0 Å². The third kappa shape index (κ3) is 2.54. The first-order valence-electron chi connectivity index (χ1n) is 4.75. The molecule has 1 atom stereocenters. The van der Waals surface area contributed by atoms with Crippen molar-refractivity contribution in [1.29, 1.82) is 0 Å². The summed E-state index contributed by atoms with van der Waals surface area (Å²) in [5, 5.41) is 0. The summed E-state index contributed by atoms with van der Waals surface area (Å²) < 4.78 is 4.51. The lowest BCUT2D eigenvalue weighted by molar-refractivity contribution is -0.144. The van der Waals surface area contributed by atoms with E-state index in [2.05, 4.69) is 4.74 Å². The maximum Gasteiger partial charge on any atom is 0.306 e. The maximum absolute atomic E-state index is 11.6. The molecule has 0 bridgehead atoms. The predicted octanol–water partition coefficient (Wildman–Crippen LogP) is 1.55. The number of esters is 1. The van der Waals surface area contributed by atoms with E-state index < -0.39 is 0 Å². The number of Topliss-reactive ketones (excluding diaryl/α,β-unsaturated/α-hetero) is 1. The van der Waals surface area contributed by atoms with Gasteiger partial charge in [0.05, 0.1) is 13.5 Å². The van der Waals surface area contributed by atoms with E-state index in [0.717, 1.165) is 19.3 Å². The van der Waals surface area contributed by atoms with Gasteiger partial charge in [-0.15, -0.1) is 0 Å². The summed E-state index contributed by atoms with van der Waals surface area (Å²) in [6.45, 7) is 1.80. The standard InChI is InChI=1S/C10H16O3/c1-7(6-9(11)13-2)10(12)8-4-3-5-8/h7-8H,3-6H2,1-2H3. The van der Waals surface area contributed by atoms with Crippen LogP contribution in [0.25, 0.3) is 0 Å². The van der Waals surface area contributed by atoms with Gasteiger partial charge in [-0.2, -0.15) is 0 Å². The Morgan fingerprint density at radius 2 is 2.08 bits per heavy atom. The van der Waals surface area contributed by atoms with Crippen molar-refractivity contribution in [1.82, 2.24) is 0 Å². The molecule has 1 rings (SSSR count). The van der Waals surface area contributed by atoms with Gasteiger partial charge in [-0.3, -0.25) is 9.59 Å². The van der Waals surface area contributed by atoms with E-state index in [9.17, 15) is 9.59 Å². The summed E-state index contributed by atoms with van der Waals surface area (Å²) in [6, 6.07) is 0. The highest BCUT2D eigenvalue weighted by Crippen LogP contribution is 2.30. The van der Waals surface area contributed by atoms with Crippen molar-refractivity contribution in [2.24, 2.45) is 11.8 Å². The number of methoxy groups -OCH3 is 1. The molecule has 0 aromatic rings. The number of ether oxygens (including phenoxy) is 1. The summed E-state index contributed by atoms with van der Waals surface area (Å²) >= 11 is 0. The zero-order valence-corrected chi connectivity index (χ0v) is 8.21. The van der Waals surface area contributed by atoms with Crippen LogP contribution in [0.5, 0.6) is 0 Å². The van der Waals surface area contributed by atoms with Crippen LogP contribution in [0.2, 0.25) is 0 Å². The monoisotopic (exact) mass is 184 g/mol. The van der Waals surface area contributed by atoms with E-state index in [0.29, 0.717) is 0 Å². The van der Waals surface area contributed by atoms with Crippen LogP contribution in [0.3, 0.4) is 0 Å². The summed E-state index contributed by atoms with van der Waals surface area (Å²) in [6.07, 6.45) is 3.39. The summed E-state index contributed by atoms with van der Waals surface area (Å²) in [5.74, 6) is -0.00534. The molecule has 1 fully saturated rings. The largest absolute Gasteiger partial charge is 0.469 e. The summed E-state index contributed by atoms with van der Waals surface area (Å²) in [4.78, 5) is 22.5. The third-order valence-corrected chi connectivity index (χ3v) is 2.69. The van der Waals surface area contributed by atoms with Gasteiger partial charge in [-0.1, -0.05) is 13.3 Å². The molecule has 0 radical (unpaired) electrons. The van der Waals surface area contributed by atoms with Crippen LogP contribution in [0.4, 0.5) is 0 Å². The minimum absolute atomic E-state index is 0.169. The van der Waals surface area contributed by atoms with Gasteiger partial charge in [0, 0.05) is 11.8 Å². The van der Waals surface area contributed by atoms with Crippen molar-refractivity contribution in [3.05, 3.63) is 0 Å². The average Bonchev–Trinajstić information content (AvgIpc) is 2.00. The second kappa shape index (κ2) is 4.40.